The molecule has 0 bridgehead atoms. The average molecular weight is 469 g/mol. The molecular formula is C23H22ClFN6O2. The number of fused-ring (bicyclic) bond motifs is 1. The van der Waals surface area contributed by atoms with Gasteiger partial charge in [-0.05, 0) is 42.8 Å². The van der Waals surface area contributed by atoms with Crippen molar-refractivity contribution in [1.82, 2.24) is 25.1 Å². The second-order valence-corrected chi connectivity index (χ2v) is 8.10. The van der Waals surface area contributed by atoms with Crippen LogP contribution in [-0.4, -0.2) is 43.4 Å². The molecule has 8 nitrogen and oxygen atoms in total. The minimum atomic E-state index is -0.686. The number of hydrogen-bond donors (Lipinski definition) is 3. The van der Waals surface area contributed by atoms with Crippen LogP contribution in [0.4, 0.5) is 10.3 Å². The molecule has 0 aliphatic rings. The van der Waals surface area contributed by atoms with E-state index in [0.717, 1.165) is 5.39 Å². The number of halogens is 2. The molecular weight excluding hydrogens is 447 g/mol. The highest BCUT2D eigenvalue weighted by Gasteiger charge is 2.21. The fourth-order valence-corrected chi connectivity index (χ4v) is 3.44. The Morgan fingerprint density at radius 2 is 2.06 bits per heavy atom. The summed E-state index contributed by atoms with van der Waals surface area (Å²) in [5, 5.41) is 20.3. The summed E-state index contributed by atoms with van der Waals surface area (Å²) in [6, 6.07) is 10.3. The monoisotopic (exact) mass is 468 g/mol. The predicted octanol–water partition coefficient (Wildman–Crippen LogP) is 3.47. The maximum absolute atomic E-state index is 14.1. The summed E-state index contributed by atoms with van der Waals surface area (Å²) in [4.78, 5) is 21.8. The highest BCUT2D eigenvalue weighted by Crippen LogP contribution is 2.25. The van der Waals surface area contributed by atoms with Gasteiger partial charge in [-0.1, -0.05) is 23.7 Å². The fraction of sp³-hybridized carbons (Fsp3) is 0.217. The van der Waals surface area contributed by atoms with E-state index in [1.165, 1.54) is 12.1 Å². The number of hydrogen-bond acceptors (Lipinski definition) is 6. The Bertz CT molecular complexity index is 1310. The van der Waals surface area contributed by atoms with E-state index in [4.69, 9.17) is 11.6 Å². The van der Waals surface area contributed by atoms with Crippen LogP contribution in [0.1, 0.15) is 34.6 Å². The lowest BCUT2D eigenvalue weighted by atomic mass is 10.0. The first-order valence-corrected chi connectivity index (χ1v) is 10.6. The Hall–Kier alpha value is -3.56. The lowest BCUT2D eigenvalue weighted by molar-refractivity contribution is 0.0942. The largest absolute Gasteiger partial charge is 0.394 e. The van der Waals surface area contributed by atoms with Gasteiger partial charge < -0.3 is 15.7 Å². The van der Waals surface area contributed by atoms with E-state index < -0.39 is 11.9 Å². The molecule has 4 rings (SSSR count). The molecule has 0 aliphatic carbocycles. The topological polar surface area (TPSA) is 105 Å². The van der Waals surface area contributed by atoms with Gasteiger partial charge in [0.05, 0.1) is 28.9 Å². The van der Waals surface area contributed by atoms with Crippen LogP contribution < -0.4 is 10.6 Å². The first kappa shape index (κ1) is 22.6. The first-order chi connectivity index (χ1) is 15.8. The van der Waals surface area contributed by atoms with Crippen molar-refractivity contribution in [2.75, 3.05) is 11.9 Å². The first-order valence-electron chi connectivity index (χ1n) is 10.2. The summed E-state index contributed by atoms with van der Waals surface area (Å²) < 4.78 is 15.7. The average Bonchev–Trinajstić information content (AvgIpc) is 3.24. The molecule has 2 heterocycles. The van der Waals surface area contributed by atoms with E-state index >= 15 is 0 Å². The zero-order valence-electron chi connectivity index (χ0n) is 18.0. The van der Waals surface area contributed by atoms with E-state index in [-0.39, 0.29) is 23.6 Å². The number of aliphatic hydroxyl groups is 1. The Kier molecular flexibility index (Phi) is 6.52. The van der Waals surface area contributed by atoms with E-state index in [9.17, 15) is 14.3 Å². The number of nitrogens with zero attached hydrogens (tertiary/aromatic N) is 4. The van der Waals surface area contributed by atoms with Crippen LogP contribution in [-0.2, 0) is 7.05 Å². The van der Waals surface area contributed by atoms with Crippen molar-refractivity contribution in [3.63, 3.8) is 0 Å². The molecule has 0 fully saturated rings. The normalized spacial score (nSPS) is 13.0. The minimum Gasteiger partial charge on any atom is -0.394 e. The molecule has 10 heteroatoms. The van der Waals surface area contributed by atoms with E-state index in [2.05, 4.69) is 25.7 Å². The molecule has 0 saturated heterocycles. The number of amides is 1. The van der Waals surface area contributed by atoms with Crippen LogP contribution in [0.25, 0.3) is 10.9 Å². The van der Waals surface area contributed by atoms with E-state index in [0.29, 0.717) is 28.3 Å². The van der Waals surface area contributed by atoms with Gasteiger partial charge in [-0.3, -0.25) is 9.48 Å². The van der Waals surface area contributed by atoms with Gasteiger partial charge in [-0.25, -0.2) is 14.4 Å². The molecule has 2 aromatic heterocycles. The molecule has 0 aliphatic heterocycles. The third-order valence-electron chi connectivity index (χ3n) is 5.08. The van der Waals surface area contributed by atoms with Crippen LogP contribution in [0.3, 0.4) is 0 Å². The van der Waals surface area contributed by atoms with Crippen LogP contribution in [0.2, 0.25) is 5.02 Å². The molecule has 0 saturated carbocycles. The third kappa shape index (κ3) is 5.10. The Balaban J connectivity index is 1.65. The van der Waals surface area contributed by atoms with Gasteiger partial charge in [-0.2, -0.15) is 5.10 Å². The third-order valence-corrected chi connectivity index (χ3v) is 5.38. The van der Waals surface area contributed by atoms with Gasteiger partial charge >= 0.3 is 0 Å². The molecule has 0 radical (unpaired) electrons. The predicted molar refractivity (Wildman–Crippen MR) is 124 cm³/mol. The van der Waals surface area contributed by atoms with Gasteiger partial charge in [0.15, 0.2) is 0 Å². The van der Waals surface area contributed by atoms with Crippen molar-refractivity contribution in [3.8, 4) is 0 Å². The van der Waals surface area contributed by atoms with Crippen molar-refractivity contribution in [2.24, 2.45) is 7.05 Å². The molecule has 0 spiro atoms. The molecule has 2 aromatic carbocycles. The number of aryl methyl sites for hydroxylation is 1. The lowest BCUT2D eigenvalue weighted by Crippen LogP contribution is -2.30. The van der Waals surface area contributed by atoms with Gasteiger partial charge in [0.2, 0.25) is 5.95 Å². The van der Waals surface area contributed by atoms with Gasteiger partial charge in [0.25, 0.3) is 5.91 Å². The second-order valence-electron chi connectivity index (χ2n) is 7.69. The summed E-state index contributed by atoms with van der Waals surface area (Å²) in [6.07, 6.45) is 3.39. The smallest absolute Gasteiger partial charge is 0.252 e. The summed E-state index contributed by atoms with van der Waals surface area (Å²) >= 11 is 5.83. The lowest BCUT2D eigenvalue weighted by Gasteiger charge is -2.18. The maximum Gasteiger partial charge on any atom is 0.252 e. The van der Waals surface area contributed by atoms with Gasteiger partial charge in [0.1, 0.15) is 5.82 Å². The summed E-state index contributed by atoms with van der Waals surface area (Å²) in [5.74, 6) is -0.603. The molecule has 2 atom stereocenters. The number of rotatable bonds is 7. The summed E-state index contributed by atoms with van der Waals surface area (Å²) in [7, 11) is 1.76. The van der Waals surface area contributed by atoms with Crippen molar-refractivity contribution in [2.45, 2.75) is 19.0 Å². The molecule has 1 unspecified atom stereocenters. The van der Waals surface area contributed by atoms with Crippen molar-refractivity contribution >= 4 is 34.4 Å². The number of aliphatic hydroxyl groups excluding tert-OH is 1. The second kappa shape index (κ2) is 9.51. The minimum absolute atomic E-state index is 0.000935. The molecule has 33 heavy (non-hydrogen) atoms. The van der Waals surface area contributed by atoms with E-state index in [1.807, 2.05) is 0 Å². The highest BCUT2D eigenvalue weighted by atomic mass is 35.5. The fourth-order valence-electron chi connectivity index (χ4n) is 3.32. The molecule has 3 N–H and O–H groups in total. The SMILES string of the molecule is C[C@@H](CO)Nc1ncc2ccc(C(=O)NC(c3ccc(Cl)c(F)c3)c3ccn(C)n3)cc2n1. The molecule has 170 valence electrons. The summed E-state index contributed by atoms with van der Waals surface area (Å²) in [6.45, 7) is 1.73. The molecule has 4 aromatic rings. The maximum atomic E-state index is 14.1. The van der Waals surface area contributed by atoms with Crippen molar-refractivity contribution < 1.29 is 14.3 Å². The zero-order chi connectivity index (χ0) is 23.5. The quantitative estimate of drug-likeness (QED) is 0.383. The number of carbonyl (C=O) groups is 1. The standard InChI is InChI=1S/C23H22ClFN6O2/c1-13(12-32)27-23-26-11-16-4-3-15(10-20(16)28-23)22(33)29-21(19-7-8-31(2)30-19)14-5-6-17(24)18(25)9-14/h3-11,13,21,32H,12H2,1-2H3,(H,29,33)(H,26,27,28)/t13-,21?/m0/s1. The highest BCUT2D eigenvalue weighted by molar-refractivity contribution is 6.30. The van der Waals surface area contributed by atoms with Crippen LogP contribution in [0.15, 0.2) is 54.9 Å². The molecule has 1 amide bonds. The number of aromatic nitrogens is 4. The Morgan fingerprint density at radius 3 is 2.76 bits per heavy atom. The van der Waals surface area contributed by atoms with Crippen LogP contribution in [0.5, 0.6) is 0 Å². The number of nitrogens with one attached hydrogen (secondary N) is 2. The van der Waals surface area contributed by atoms with Gasteiger partial charge in [-0.15, -0.1) is 0 Å². The van der Waals surface area contributed by atoms with Crippen LogP contribution >= 0.6 is 11.6 Å². The Labute approximate surface area is 194 Å². The zero-order valence-corrected chi connectivity index (χ0v) is 18.7. The van der Waals surface area contributed by atoms with Crippen molar-refractivity contribution in [1.29, 1.82) is 0 Å². The van der Waals surface area contributed by atoms with Crippen LogP contribution in [0, 0.1) is 5.82 Å². The number of carbonyl (C=O) groups excluding carboxylic acids is 1. The Morgan fingerprint density at radius 1 is 1.24 bits per heavy atom. The van der Waals surface area contributed by atoms with Crippen molar-refractivity contribution in [3.05, 3.63) is 82.5 Å². The number of benzene rings is 2. The van der Waals surface area contributed by atoms with E-state index in [1.54, 1.807) is 61.4 Å². The number of anilines is 1. The summed E-state index contributed by atoms with van der Waals surface area (Å²) in [5.41, 5.74) is 2.01. The van der Waals surface area contributed by atoms with Gasteiger partial charge in [0, 0.05) is 36.4 Å².